The molecule has 0 spiro atoms. The molecule has 0 bridgehead atoms. The highest BCUT2D eigenvalue weighted by Crippen LogP contribution is 2.27. The van der Waals surface area contributed by atoms with Gasteiger partial charge in [0.2, 0.25) is 5.82 Å². The van der Waals surface area contributed by atoms with Gasteiger partial charge >= 0.3 is 0 Å². The second-order valence-electron chi connectivity index (χ2n) is 6.62. The van der Waals surface area contributed by atoms with E-state index in [1.807, 2.05) is 41.1 Å². The van der Waals surface area contributed by atoms with Gasteiger partial charge in [-0.15, -0.1) is 5.10 Å². The molecule has 3 aromatic heterocycles. The molecule has 0 aliphatic carbocycles. The first-order valence-corrected chi connectivity index (χ1v) is 9.98. The van der Waals surface area contributed by atoms with Crippen LogP contribution in [0.1, 0.15) is 21.6 Å². The van der Waals surface area contributed by atoms with Crippen molar-refractivity contribution in [3.05, 3.63) is 64.5 Å². The van der Waals surface area contributed by atoms with Crippen LogP contribution in [0, 0.1) is 0 Å². The number of aromatic nitrogens is 5. The standard InChI is InChI=1S/C20H16N6O2S/c1-2-13-3-5-14(6-4-13)11-25-8-9-26-17(20(25)27)16(22-24-26)19-21-18(23-28-19)15-7-10-29-12-15/h2-7,10,12H,1,8-9,11H2. The zero-order valence-electron chi connectivity index (χ0n) is 15.4. The topological polar surface area (TPSA) is 89.9 Å². The van der Waals surface area contributed by atoms with Crippen molar-refractivity contribution in [1.29, 1.82) is 0 Å². The molecule has 5 rings (SSSR count). The van der Waals surface area contributed by atoms with E-state index in [-0.39, 0.29) is 11.8 Å². The van der Waals surface area contributed by atoms with Gasteiger partial charge in [-0.05, 0) is 22.6 Å². The Kier molecular flexibility index (Phi) is 4.28. The van der Waals surface area contributed by atoms with Crippen molar-refractivity contribution in [2.24, 2.45) is 0 Å². The molecule has 1 aliphatic rings. The maximum Gasteiger partial charge on any atom is 0.281 e. The van der Waals surface area contributed by atoms with Gasteiger partial charge in [0.1, 0.15) is 0 Å². The van der Waals surface area contributed by atoms with Crippen molar-refractivity contribution in [1.82, 2.24) is 30.0 Å². The summed E-state index contributed by atoms with van der Waals surface area (Å²) in [6, 6.07) is 9.88. The number of rotatable bonds is 5. The lowest BCUT2D eigenvalue weighted by Crippen LogP contribution is -2.40. The van der Waals surface area contributed by atoms with E-state index in [0.717, 1.165) is 16.7 Å². The summed E-state index contributed by atoms with van der Waals surface area (Å²) < 4.78 is 6.97. The molecule has 0 unspecified atom stereocenters. The molecule has 4 heterocycles. The fourth-order valence-electron chi connectivity index (χ4n) is 3.25. The third-order valence-electron chi connectivity index (χ3n) is 4.80. The van der Waals surface area contributed by atoms with Crippen molar-refractivity contribution >= 4 is 23.3 Å². The quantitative estimate of drug-likeness (QED) is 0.507. The van der Waals surface area contributed by atoms with Gasteiger partial charge in [-0.3, -0.25) is 4.79 Å². The number of carbonyl (C=O) groups is 1. The molecule has 4 aromatic rings. The first kappa shape index (κ1) is 17.5. The third kappa shape index (κ3) is 3.15. The molecule has 0 saturated heterocycles. The van der Waals surface area contributed by atoms with Crippen LogP contribution in [0.15, 0.2) is 52.2 Å². The van der Waals surface area contributed by atoms with Crippen LogP contribution in [0.2, 0.25) is 0 Å². The second-order valence-corrected chi connectivity index (χ2v) is 7.40. The normalized spacial score (nSPS) is 13.5. The fraction of sp³-hybridized carbons (Fsp3) is 0.150. The molecule has 1 aliphatic heterocycles. The average Bonchev–Trinajstić information content (AvgIpc) is 3.50. The maximum atomic E-state index is 13.2. The van der Waals surface area contributed by atoms with Crippen LogP contribution in [0.25, 0.3) is 29.0 Å². The van der Waals surface area contributed by atoms with Gasteiger partial charge < -0.3 is 9.42 Å². The van der Waals surface area contributed by atoms with Gasteiger partial charge in [0, 0.05) is 24.0 Å². The molecule has 1 amide bonds. The number of carbonyl (C=O) groups excluding carboxylic acids is 1. The predicted molar refractivity (Wildman–Crippen MR) is 108 cm³/mol. The van der Waals surface area contributed by atoms with E-state index in [1.54, 1.807) is 27.0 Å². The Morgan fingerprint density at radius 2 is 2.07 bits per heavy atom. The molecule has 0 N–H and O–H groups in total. The molecule has 8 nitrogen and oxygen atoms in total. The Morgan fingerprint density at radius 1 is 1.21 bits per heavy atom. The Morgan fingerprint density at radius 3 is 2.83 bits per heavy atom. The molecular formula is C20H16N6O2S. The van der Waals surface area contributed by atoms with E-state index in [9.17, 15) is 4.79 Å². The summed E-state index contributed by atoms with van der Waals surface area (Å²) in [4.78, 5) is 19.3. The highest BCUT2D eigenvalue weighted by molar-refractivity contribution is 7.08. The van der Waals surface area contributed by atoms with Gasteiger partial charge in [-0.1, -0.05) is 47.3 Å². The molecular weight excluding hydrogens is 388 g/mol. The van der Waals surface area contributed by atoms with Crippen LogP contribution >= 0.6 is 11.3 Å². The molecule has 0 saturated carbocycles. The zero-order chi connectivity index (χ0) is 19.8. The first-order chi connectivity index (χ1) is 14.2. The minimum atomic E-state index is -0.153. The number of amides is 1. The van der Waals surface area contributed by atoms with E-state index in [0.29, 0.717) is 36.8 Å². The summed E-state index contributed by atoms with van der Waals surface area (Å²) in [5.74, 6) is 0.503. The SMILES string of the molecule is C=Cc1ccc(CN2CCn3nnc(-c4nc(-c5ccsc5)no4)c3C2=O)cc1. The summed E-state index contributed by atoms with van der Waals surface area (Å²) in [7, 11) is 0. The Hall–Kier alpha value is -3.59. The third-order valence-corrected chi connectivity index (χ3v) is 5.49. The van der Waals surface area contributed by atoms with E-state index in [1.165, 1.54) is 0 Å². The number of thiophene rings is 1. The summed E-state index contributed by atoms with van der Waals surface area (Å²) in [5.41, 5.74) is 3.64. The monoisotopic (exact) mass is 404 g/mol. The molecule has 29 heavy (non-hydrogen) atoms. The first-order valence-electron chi connectivity index (χ1n) is 9.04. The van der Waals surface area contributed by atoms with Crippen molar-refractivity contribution in [2.45, 2.75) is 13.1 Å². The number of benzene rings is 1. The Balaban J connectivity index is 1.43. The average molecular weight is 404 g/mol. The number of hydrogen-bond donors (Lipinski definition) is 0. The van der Waals surface area contributed by atoms with E-state index >= 15 is 0 Å². The minimum Gasteiger partial charge on any atom is -0.332 e. The van der Waals surface area contributed by atoms with Gasteiger partial charge in [-0.2, -0.15) is 16.3 Å². The molecule has 9 heteroatoms. The van der Waals surface area contributed by atoms with Crippen molar-refractivity contribution < 1.29 is 9.32 Å². The van der Waals surface area contributed by atoms with Crippen molar-refractivity contribution in [3.63, 3.8) is 0 Å². The lowest BCUT2D eigenvalue weighted by atomic mass is 10.1. The second kappa shape index (κ2) is 7.10. The van der Waals surface area contributed by atoms with Crippen LogP contribution in [-0.4, -0.2) is 42.5 Å². The van der Waals surface area contributed by atoms with Gasteiger partial charge in [0.15, 0.2) is 11.4 Å². The highest BCUT2D eigenvalue weighted by Gasteiger charge is 2.32. The number of nitrogens with zero attached hydrogens (tertiary/aromatic N) is 6. The fourth-order valence-corrected chi connectivity index (χ4v) is 3.89. The lowest BCUT2D eigenvalue weighted by molar-refractivity contribution is 0.0684. The van der Waals surface area contributed by atoms with Crippen LogP contribution in [0.4, 0.5) is 0 Å². The summed E-state index contributed by atoms with van der Waals surface area (Å²) >= 11 is 1.55. The molecule has 0 radical (unpaired) electrons. The summed E-state index contributed by atoms with van der Waals surface area (Å²) in [5, 5.41) is 16.1. The van der Waals surface area contributed by atoms with Gasteiger partial charge in [-0.25, -0.2) is 4.68 Å². The molecule has 1 aromatic carbocycles. The van der Waals surface area contributed by atoms with E-state index < -0.39 is 0 Å². The Labute approximate surface area is 170 Å². The van der Waals surface area contributed by atoms with Crippen LogP contribution in [0.5, 0.6) is 0 Å². The Bertz CT molecular complexity index is 1180. The lowest BCUT2D eigenvalue weighted by Gasteiger charge is -2.27. The van der Waals surface area contributed by atoms with Crippen LogP contribution < -0.4 is 0 Å². The molecule has 144 valence electrons. The van der Waals surface area contributed by atoms with Gasteiger partial charge in [0.25, 0.3) is 11.8 Å². The van der Waals surface area contributed by atoms with Gasteiger partial charge in [0.05, 0.1) is 6.54 Å². The van der Waals surface area contributed by atoms with E-state index in [4.69, 9.17) is 4.52 Å². The van der Waals surface area contributed by atoms with E-state index in [2.05, 4.69) is 27.0 Å². The highest BCUT2D eigenvalue weighted by atomic mass is 32.1. The number of hydrogen-bond acceptors (Lipinski definition) is 7. The van der Waals surface area contributed by atoms with Crippen molar-refractivity contribution in [3.8, 4) is 23.0 Å². The number of fused-ring (bicyclic) bond motifs is 1. The maximum absolute atomic E-state index is 13.2. The van der Waals surface area contributed by atoms with Crippen molar-refractivity contribution in [2.75, 3.05) is 6.54 Å². The summed E-state index contributed by atoms with van der Waals surface area (Å²) in [6.07, 6.45) is 1.79. The largest absolute Gasteiger partial charge is 0.332 e. The predicted octanol–water partition coefficient (Wildman–Crippen LogP) is 3.36. The minimum absolute atomic E-state index is 0.153. The zero-order valence-corrected chi connectivity index (χ0v) is 16.2. The summed E-state index contributed by atoms with van der Waals surface area (Å²) in [6.45, 7) is 5.39. The molecule has 0 fully saturated rings. The molecule has 0 atom stereocenters. The van der Waals surface area contributed by atoms with Crippen LogP contribution in [0.3, 0.4) is 0 Å². The smallest absolute Gasteiger partial charge is 0.281 e. The van der Waals surface area contributed by atoms with Crippen LogP contribution in [-0.2, 0) is 13.1 Å².